The van der Waals surface area contributed by atoms with Crippen molar-refractivity contribution in [2.45, 2.75) is 45.1 Å². The zero-order valence-corrected chi connectivity index (χ0v) is 10.2. The van der Waals surface area contributed by atoms with Crippen LogP contribution in [-0.4, -0.2) is 6.04 Å². The molecule has 0 fully saturated rings. The fraction of sp³-hybridized carbons (Fsp3) is 0.467. The molecule has 0 heterocycles. The fourth-order valence-corrected chi connectivity index (χ4v) is 2.11. The SMILES string of the molecule is CC(C)c1ccc(NC2C=CCCC2)cc1. The van der Waals surface area contributed by atoms with Crippen LogP contribution in [0.15, 0.2) is 36.4 Å². The van der Waals surface area contributed by atoms with E-state index >= 15 is 0 Å². The average molecular weight is 215 g/mol. The van der Waals surface area contributed by atoms with Gasteiger partial charge in [-0.15, -0.1) is 0 Å². The van der Waals surface area contributed by atoms with E-state index in [9.17, 15) is 0 Å². The first-order chi connectivity index (χ1) is 7.75. The largest absolute Gasteiger partial charge is 0.379 e. The summed E-state index contributed by atoms with van der Waals surface area (Å²) < 4.78 is 0. The van der Waals surface area contributed by atoms with Crippen molar-refractivity contribution in [2.24, 2.45) is 0 Å². The molecule has 1 unspecified atom stereocenters. The van der Waals surface area contributed by atoms with Crippen molar-refractivity contribution in [1.82, 2.24) is 0 Å². The van der Waals surface area contributed by atoms with E-state index in [1.807, 2.05) is 0 Å². The van der Waals surface area contributed by atoms with Crippen LogP contribution in [-0.2, 0) is 0 Å². The van der Waals surface area contributed by atoms with Crippen LogP contribution in [0.4, 0.5) is 5.69 Å². The maximum atomic E-state index is 3.56. The average Bonchev–Trinajstić information content (AvgIpc) is 2.31. The van der Waals surface area contributed by atoms with Gasteiger partial charge >= 0.3 is 0 Å². The summed E-state index contributed by atoms with van der Waals surface area (Å²) in [5, 5.41) is 3.56. The topological polar surface area (TPSA) is 12.0 Å². The summed E-state index contributed by atoms with van der Waals surface area (Å²) in [6, 6.07) is 9.35. The maximum Gasteiger partial charge on any atom is 0.0444 e. The second kappa shape index (κ2) is 5.20. The molecule has 1 atom stereocenters. The number of rotatable bonds is 3. The molecule has 86 valence electrons. The Labute approximate surface area is 98.6 Å². The summed E-state index contributed by atoms with van der Waals surface area (Å²) in [4.78, 5) is 0. The molecule has 1 aliphatic rings. The van der Waals surface area contributed by atoms with Crippen LogP contribution >= 0.6 is 0 Å². The van der Waals surface area contributed by atoms with Crippen molar-refractivity contribution in [3.63, 3.8) is 0 Å². The van der Waals surface area contributed by atoms with Crippen LogP contribution in [0.25, 0.3) is 0 Å². The molecule has 0 radical (unpaired) electrons. The smallest absolute Gasteiger partial charge is 0.0444 e. The van der Waals surface area contributed by atoms with Crippen LogP contribution in [0.2, 0.25) is 0 Å². The summed E-state index contributed by atoms with van der Waals surface area (Å²) in [6.45, 7) is 4.46. The lowest BCUT2D eigenvalue weighted by molar-refractivity contribution is 0.673. The molecule has 1 N–H and O–H groups in total. The van der Waals surface area contributed by atoms with Crippen LogP contribution < -0.4 is 5.32 Å². The Morgan fingerprint density at radius 3 is 2.50 bits per heavy atom. The van der Waals surface area contributed by atoms with Gasteiger partial charge < -0.3 is 5.32 Å². The highest BCUT2D eigenvalue weighted by Crippen LogP contribution is 2.20. The van der Waals surface area contributed by atoms with Crippen molar-refractivity contribution >= 4 is 5.69 Å². The number of benzene rings is 1. The molecule has 16 heavy (non-hydrogen) atoms. The predicted octanol–water partition coefficient (Wildman–Crippen LogP) is 4.33. The standard InChI is InChI=1S/C15H21N/c1-12(2)13-8-10-15(11-9-13)16-14-6-4-3-5-7-14/h4,6,8-12,14,16H,3,5,7H2,1-2H3. The molecule has 0 saturated carbocycles. The van der Waals surface area contributed by atoms with Gasteiger partial charge in [0.1, 0.15) is 0 Å². The summed E-state index contributed by atoms with van der Waals surface area (Å²) in [6.07, 6.45) is 8.37. The molecule has 1 aliphatic carbocycles. The van der Waals surface area contributed by atoms with E-state index in [2.05, 4.69) is 55.6 Å². The monoisotopic (exact) mass is 215 g/mol. The van der Waals surface area contributed by atoms with Gasteiger partial charge in [-0.2, -0.15) is 0 Å². The van der Waals surface area contributed by atoms with Crippen molar-refractivity contribution in [3.05, 3.63) is 42.0 Å². The zero-order valence-electron chi connectivity index (χ0n) is 10.2. The van der Waals surface area contributed by atoms with Gasteiger partial charge in [0, 0.05) is 11.7 Å². The van der Waals surface area contributed by atoms with Crippen LogP contribution in [0.3, 0.4) is 0 Å². The molecule has 1 heteroatoms. The van der Waals surface area contributed by atoms with Gasteiger partial charge in [-0.05, 0) is 42.9 Å². The summed E-state index contributed by atoms with van der Waals surface area (Å²) in [5.74, 6) is 0.614. The second-order valence-corrected chi connectivity index (χ2v) is 4.89. The van der Waals surface area contributed by atoms with Gasteiger partial charge in [0.15, 0.2) is 0 Å². The molecule has 1 nitrogen and oxygen atoms in total. The second-order valence-electron chi connectivity index (χ2n) is 4.89. The Hall–Kier alpha value is -1.24. The van der Waals surface area contributed by atoms with Gasteiger partial charge in [0.05, 0.1) is 0 Å². The Bertz CT molecular complexity index is 348. The third-order valence-electron chi connectivity index (χ3n) is 3.18. The summed E-state index contributed by atoms with van der Waals surface area (Å²) in [7, 11) is 0. The third-order valence-corrected chi connectivity index (χ3v) is 3.18. The Balaban J connectivity index is 1.99. The lowest BCUT2D eigenvalue weighted by atomic mass is 10.0. The quantitative estimate of drug-likeness (QED) is 0.740. The first-order valence-electron chi connectivity index (χ1n) is 6.29. The van der Waals surface area contributed by atoms with Gasteiger partial charge in [-0.25, -0.2) is 0 Å². The summed E-state index contributed by atoms with van der Waals surface area (Å²) in [5.41, 5.74) is 2.64. The molecular weight excluding hydrogens is 194 g/mol. The maximum absolute atomic E-state index is 3.56. The van der Waals surface area contributed by atoms with Gasteiger partial charge in [0.25, 0.3) is 0 Å². The highest BCUT2D eigenvalue weighted by Gasteiger charge is 2.07. The van der Waals surface area contributed by atoms with E-state index in [4.69, 9.17) is 0 Å². The first kappa shape index (κ1) is 11.3. The number of hydrogen-bond donors (Lipinski definition) is 1. The number of nitrogens with one attached hydrogen (secondary N) is 1. The van der Waals surface area contributed by atoms with E-state index < -0.39 is 0 Å². The molecule has 0 amide bonds. The van der Waals surface area contributed by atoms with Crippen molar-refractivity contribution < 1.29 is 0 Å². The number of anilines is 1. The Morgan fingerprint density at radius 1 is 1.19 bits per heavy atom. The minimum Gasteiger partial charge on any atom is -0.379 e. The molecular formula is C15H21N. The predicted molar refractivity (Wildman–Crippen MR) is 70.9 cm³/mol. The first-order valence-corrected chi connectivity index (χ1v) is 6.29. The minimum atomic E-state index is 0.527. The van der Waals surface area contributed by atoms with E-state index in [0.717, 1.165) is 0 Å². The van der Waals surface area contributed by atoms with Crippen LogP contribution in [0.5, 0.6) is 0 Å². The van der Waals surface area contributed by atoms with Crippen molar-refractivity contribution in [3.8, 4) is 0 Å². The lowest BCUT2D eigenvalue weighted by Gasteiger charge is -2.19. The highest BCUT2D eigenvalue weighted by molar-refractivity contribution is 5.46. The van der Waals surface area contributed by atoms with Gasteiger partial charge in [-0.1, -0.05) is 38.1 Å². The molecule has 0 saturated heterocycles. The number of hydrogen-bond acceptors (Lipinski definition) is 1. The van der Waals surface area contributed by atoms with Crippen molar-refractivity contribution in [1.29, 1.82) is 0 Å². The number of allylic oxidation sites excluding steroid dienone is 1. The van der Waals surface area contributed by atoms with Gasteiger partial charge in [0.2, 0.25) is 0 Å². The van der Waals surface area contributed by atoms with Gasteiger partial charge in [-0.3, -0.25) is 0 Å². The van der Waals surface area contributed by atoms with Crippen LogP contribution in [0.1, 0.15) is 44.6 Å². The molecule has 1 aromatic rings. The molecule has 2 rings (SSSR count). The highest BCUT2D eigenvalue weighted by atomic mass is 14.9. The third kappa shape index (κ3) is 2.88. The molecule has 0 aliphatic heterocycles. The molecule has 0 bridgehead atoms. The molecule has 0 aromatic heterocycles. The lowest BCUT2D eigenvalue weighted by Crippen LogP contribution is -2.18. The summed E-state index contributed by atoms with van der Waals surface area (Å²) >= 11 is 0. The van der Waals surface area contributed by atoms with Crippen molar-refractivity contribution in [2.75, 3.05) is 5.32 Å². The minimum absolute atomic E-state index is 0.527. The van der Waals surface area contributed by atoms with E-state index in [0.29, 0.717) is 12.0 Å². The van der Waals surface area contributed by atoms with E-state index in [-0.39, 0.29) is 0 Å². The van der Waals surface area contributed by atoms with Crippen LogP contribution in [0, 0.1) is 0 Å². The molecule has 1 aromatic carbocycles. The Morgan fingerprint density at radius 2 is 1.94 bits per heavy atom. The fourth-order valence-electron chi connectivity index (χ4n) is 2.11. The Kier molecular flexibility index (Phi) is 3.66. The zero-order chi connectivity index (χ0) is 11.4. The molecule has 0 spiro atoms. The normalized spacial score (nSPS) is 20.1. The van der Waals surface area contributed by atoms with E-state index in [1.165, 1.54) is 30.5 Å². The van der Waals surface area contributed by atoms with E-state index in [1.54, 1.807) is 0 Å².